The number of nitrogens with one attached hydrogen (secondary N) is 1. The Morgan fingerprint density at radius 2 is 1.32 bits per heavy atom. The molecule has 1 aliphatic carbocycles. The molecule has 3 aromatic carbocycles. The topological polar surface area (TPSA) is 46.2 Å². The van der Waals surface area contributed by atoms with E-state index in [1.54, 1.807) is 12.1 Å². The second kappa shape index (κ2) is 10.1. The van der Waals surface area contributed by atoms with Gasteiger partial charge in [-0.3, -0.25) is 0 Å². The summed E-state index contributed by atoms with van der Waals surface area (Å²) in [6.07, 6.45) is 6.08. The predicted molar refractivity (Wildman–Crippen MR) is 142 cm³/mol. The van der Waals surface area contributed by atoms with Gasteiger partial charge in [-0.2, -0.15) is 0 Å². The predicted octanol–water partition coefficient (Wildman–Crippen LogP) is 7.04. The van der Waals surface area contributed by atoms with Crippen LogP contribution in [0.3, 0.4) is 0 Å². The van der Waals surface area contributed by atoms with Crippen LogP contribution in [0.5, 0.6) is 0 Å². The second-order valence-electron chi connectivity index (χ2n) is 10.8. The molecule has 0 bridgehead atoms. The van der Waals surface area contributed by atoms with E-state index in [0.29, 0.717) is 16.4 Å². The fraction of sp³-hybridized carbons (Fsp3) is 0.400. The molecule has 1 atom stereocenters. The minimum atomic E-state index is -3.36. The van der Waals surface area contributed by atoms with Crippen LogP contribution >= 0.6 is 0 Å². The van der Waals surface area contributed by atoms with Crippen LogP contribution in [0.25, 0.3) is 11.1 Å². The minimum Gasteiger partial charge on any atom is -0.303 e. The molecule has 4 heteroatoms. The maximum atomic E-state index is 12.6. The first-order chi connectivity index (χ1) is 16.1. The van der Waals surface area contributed by atoms with E-state index in [2.05, 4.69) is 62.5 Å². The molecule has 3 aromatic rings. The third-order valence-electron chi connectivity index (χ3n) is 7.34. The standard InChI is InChI=1S/C30H37NO2S/c1-30(2,3)23-18-20-24(21-19-23)31-29(22-12-6-5-7-13-22)27-16-9-8-14-25(27)26-15-10-11-17-28(26)34(4,32)33/h5-17,23-24,29,31H,18-21H2,1-4H3. The van der Waals surface area contributed by atoms with Crippen molar-refractivity contribution < 1.29 is 8.42 Å². The van der Waals surface area contributed by atoms with E-state index >= 15 is 0 Å². The summed E-state index contributed by atoms with van der Waals surface area (Å²) in [4.78, 5) is 0.375. The van der Waals surface area contributed by atoms with Gasteiger partial charge in [0.15, 0.2) is 9.84 Å². The Balaban J connectivity index is 1.73. The van der Waals surface area contributed by atoms with E-state index in [4.69, 9.17) is 0 Å². The Hall–Kier alpha value is -2.43. The van der Waals surface area contributed by atoms with Crippen molar-refractivity contribution in [2.75, 3.05) is 6.26 Å². The van der Waals surface area contributed by atoms with E-state index in [9.17, 15) is 8.42 Å². The van der Waals surface area contributed by atoms with Gasteiger partial charge in [0.1, 0.15) is 0 Å². The van der Waals surface area contributed by atoms with Crippen molar-refractivity contribution >= 4 is 9.84 Å². The highest BCUT2D eigenvalue weighted by molar-refractivity contribution is 7.90. The van der Waals surface area contributed by atoms with Crippen molar-refractivity contribution in [2.45, 2.75) is 63.4 Å². The Morgan fingerprint density at radius 1 is 0.765 bits per heavy atom. The summed E-state index contributed by atoms with van der Waals surface area (Å²) in [5, 5.41) is 3.98. The normalized spacial score (nSPS) is 20.1. The van der Waals surface area contributed by atoms with E-state index in [1.807, 2.05) is 30.3 Å². The third-order valence-corrected chi connectivity index (χ3v) is 8.49. The Bertz CT molecular complexity index is 1200. The second-order valence-corrected chi connectivity index (χ2v) is 12.8. The van der Waals surface area contributed by atoms with Gasteiger partial charge in [0.25, 0.3) is 0 Å². The molecule has 0 radical (unpaired) electrons. The SMILES string of the molecule is CC(C)(C)C1CCC(NC(c2ccccc2)c2ccccc2-c2ccccc2S(C)(=O)=O)CC1. The van der Waals surface area contributed by atoms with Crippen LogP contribution in [0, 0.1) is 11.3 Å². The fourth-order valence-electron chi connectivity index (χ4n) is 5.38. The lowest BCUT2D eigenvalue weighted by atomic mass is 9.71. The van der Waals surface area contributed by atoms with Crippen LogP contribution in [0.2, 0.25) is 0 Å². The van der Waals surface area contributed by atoms with Gasteiger partial charge in [0.05, 0.1) is 10.9 Å². The third kappa shape index (κ3) is 5.61. The summed E-state index contributed by atoms with van der Waals surface area (Å²) in [5.41, 5.74) is 4.40. The lowest BCUT2D eigenvalue weighted by Gasteiger charge is -2.38. The average Bonchev–Trinajstić information content (AvgIpc) is 2.82. The largest absolute Gasteiger partial charge is 0.303 e. The van der Waals surface area contributed by atoms with Crippen LogP contribution in [-0.2, 0) is 9.84 Å². The Labute approximate surface area is 205 Å². The van der Waals surface area contributed by atoms with Crippen LogP contribution in [0.4, 0.5) is 0 Å². The van der Waals surface area contributed by atoms with Gasteiger partial charge in [0, 0.05) is 17.9 Å². The summed E-state index contributed by atoms with van der Waals surface area (Å²) < 4.78 is 25.2. The average molecular weight is 476 g/mol. The zero-order valence-corrected chi connectivity index (χ0v) is 21.6. The molecule has 3 nitrogen and oxygen atoms in total. The molecular weight excluding hydrogens is 438 g/mol. The van der Waals surface area contributed by atoms with E-state index in [1.165, 1.54) is 24.7 Å². The number of hydrogen-bond donors (Lipinski definition) is 1. The smallest absolute Gasteiger partial charge is 0.176 e. The summed E-state index contributed by atoms with van der Waals surface area (Å²) in [5.74, 6) is 0.759. The summed E-state index contributed by atoms with van der Waals surface area (Å²) in [6.45, 7) is 7.06. The highest BCUT2D eigenvalue weighted by atomic mass is 32.2. The van der Waals surface area contributed by atoms with Crippen LogP contribution < -0.4 is 5.32 Å². The quantitative estimate of drug-likeness (QED) is 0.416. The van der Waals surface area contributed by atoms with Gasteiger partial charge in [-0.1, -0.05) is 93.6 Å². The highest BCUT2D eigenvalue weighted by Gasteiger charge is 2.31. The molecule has 0 amide bonds. The fourth-order valence-corrected chi connectivity index (χ4v) is 6.28. The van der Waals surface area contributed by atoms with Gasteiger partial charge in [-0.25, -0.2) is 8.42 Å². The molecule has 0 saturated heterocycles. The van der Waals surface area contributed by atoms with Gasteiger partial charge in [-0.15, -0.1) is 0 Å². The first-order valence-electron chi connectivity index (χ1n) is 12.3. The number of hydrogen-bond acceptors (Lipinski definition) is 3. The van der Waals surface area contributed by atoms with Crippen LogP contribution in [0.1, 0.15) is 63.6 Å². The minimum absolute atomic E-state index is 0.0128. The molecule has 1 saturated carbocycles. The first kappa shape index (κ1) is 24.7. The van der Waals surface area contributed by atoms with Gasteiger partial charge in [0.2, 0.25) is 0 Å². The zero-order chi connectivity index (χ0) is 24.3. The van der Waals surface area contributed by atoms with Crippen molar-refractivity contribution in [3.05, 3.63) is 90.0 Å². The molecule has 0 spiro atoms. The number of sulfone groups is 1. The van der Waals surface area contributed by atoms with Gasteiger partial charge >= 0.3 is 0 Å². The molecule has 1 unspecified atom stereocenters. The van der Waals surface area contributed by atoms with Crippen LogP contribution in [0.15, 0.2) is 83.8 Å². The Kier molecular flexibility index (Phi) is 7.30. The van der Waals surface area contributed by atoms with Crippen molar-refractivity contribution in [2.24, 2.45) is 11.3 Å². The maximum Gasteiger partial charge on any atom is 0.176 e. The lowest BCUT2D eigenvalue weighted by Crippen LogP contribution is -2.38. The summed E-state index contributed by atoms with van der Waals surface area (Å²) in [7, 11) is -3.36. The van der Waals surface area contributed by atoms with E-state index in [0.717, 1.165) is 35.4 Å². The molecule has 0 aliphatic heterocycles. The molecule has 1 aliphatic rings. The number of rotatable bonds is 6. The zero-order valence-electron chi connectivity index (χ0n) is 20.8. The Morgan fingerprint density at radius 3 is 1.94 bits per heavy atom. The first-order valence-corrected chi connectivity index (χ1v) is 14.2. The van der Waals surface area contributed by atoms with E-state index < -0.39 is 9.84 Å². The lowest BCUT2D eigenvalue weighted by molar-refractivity contribution is 0.158. The molecular formula is C30H37NO2S. The van der Waals surface area contributed by atoms with Crippen LogP contribution in [-0.4, -0.2) is 20.7 Å². The number of benzene rings is 3. The summed E-state index contributed by atoms with van der Waals surface area (Å²) >= 11 is 0. The van der Waals surface area contributed by atoms with Crippen molar-refractivity contribution in [1.29, 1.82) is 0 Å². The van der Waals surface area contributed by atoms with Crippen molar-refractivity contribution in [1.82, 2.24) is 5.32 Å². The molecule has 1 fully saturated rings. The highest BCUT2D eigenvalue weighted by Crippen LogP contribution is 2.40. The molecule has 34 heavy (non-hydrogen) atoms. The molecule has 0 aromatic heterocycles. The maximum absolute atomic E-state index is 12.6. The van der Waals surface area contributed by atoms with Gasteiger partial charge < -0.3 is 5.32 Å². The van der Waals surface area contributed by atoms with E-state index in [-0.39, 0.29) is 6.04 Å². The van der Waals surface area contributed by atoms with Crippen molar-refractivity contribution in [3.8, 4) is 11.1 Å². The molecule has 1 N–H and O–H groups in total. The van der Waals surface area contributed by atoms with Gasteiger partial charge in [-0.05, 0) is 59.8 Å². The molecule has 180 valence electrons. The molecule has 4 rings (SSSR count). The molecule has 0 heterocycles. The summed E-state index contributed by atoms with van der Waals surface area (Å²) in [6, 6.07) is 26.5. The van der Waals surface area contributed by atoms with Crippen molar-refractivity contribution in [3.63, 3.8) is 0 Å². The monoisotopic (exact) mass is 475 g/mol.